The fraction of sp³-hybridized carbons (Fsp3) is 0.667. The van der Waals surface area contributed by atoms with Crippen molar-refractivity contribution in [3.63, 3.8) is 0 Å². The molecule has 2 aliphatic rings. The summed E-state index contributed by atoms with van der Waals surface area (Å²) in [5.41, 5.74) is 0.329. The van der Waals surface area contributed by atoms with Crippen LogP contribution in [0, 0.1) is 0 Å². The molecule has 128 valence electrons. The van der Waals surface area contributed by atoms with E-state index in [1.54, 1.807) is 0 Å². The van der Waals surface area contributed by atoms with E-state index in [1.165, 1.54) is 0 Å². The van der Waals surface area contributed by atoms with Crippen LogP contribution in [-0.2, 0) is 25.6 Å². The van der Waals surface area contributed by atoms with E-state index in [0.29, 0.717) is 26.1 Å². The predicted molar refractivity (Wildman–Crippen MR) is 84.7 cm³/mol. The molecule has 0 saturated carbocycles. The minimum absolute atomic E-state index is 0.161. The highest BCUT2D eigenvalue weighted by molar-refractivity contribution is 5.13. The van der Waals surface area contributed by atoms with Crippen molar-refractivity contribution < 1.29 is 24.1 Å². The number of aliphatic hydroxyl groups excluding tert-OH is 1. The van der Waals surface area contributed by atoms with Crippen LogP contribution < -0.4 is 0 Å². The Morgan fingerprint density at radius 1 is 1.22 bits per heavy atom. The lowest BCUT2D eigenvalue weighted by molar-refractivity contribution is -0.252. The third-order valence-corrected chi connectivity index (χ3v) is 4.49. The summed E-state index contributed by atoms with van der Waals surface area (Å²) in [5, 5.41) is 10.5. The van der Waals surface area contributed by atoms with Crippen LogP contribution in [0.15, 0.2) is 30.3 Å². The second kappa shape index (κ2) is 6.49. The molecule has 2 aliphatic heterocycles. The van der Waals surface area contributed by atoms with Gasteiger partial charge in [-0.3, -0.25) is 0 Å². The summed E-state index contributed by atoms with van der Waals surface area (Å²) in [6.45, 7) is 6.49. The summed E-state index contributed by atoms with van der Waals surface area (Å²) < 4.78 is 23.6. The molecule has 0 radical (unpaired) electrons. The Morgan fingerprint density at radius 3 is 2.61 bits per heavy atom. The van der Waals surface area contributed by atoms with Crippen LogP contribution in [0.3, 0.4) is 0 Å². The van der Waals surface area contributed by atoms with Crippen LogP contribution in [0.4, 0.5) is 0 Å². The average Bonchev–Trinajstić information content (AvgIpc) is 2.98. The molecule has 0 spiro atoms. The van der Waals surface area contributed by atoms with Crippen molar-refractivity contribution in [3.8, 4) is 0 Å². The minimum atomic E-state index is -0.768. The number of benzene rings is 1. The van der Waals surface area contributed by atoms with Crippen LogP contribution in [-0.4, -0.2) is 41.6 Å². The summed E-state index contributed by atoms with van der Waals surface area (Å²) in [5.74, 6) is -0.635. The fourth-order valence-corrected chi connectivity index (χ4v) is 3.35. The monoisotopic (exact) mass is 322 g/mol. The van der Waals surface area contributed by atoms with E-state index in [2.05, 4.69) is 0 Å². The molecule has 2 fully saturated rings. The molecule has 1 aromatic carbocycles. The van der Waals surface area contributed by atoms with Crippen molar-refractivity contribution in [1.82, 2.24) is 0 Å². The van der Waals surface area contributed by atoms with E-state index in [1.807, 2.05) is 51.1 Å². The first kappa shape index (κ1) is 16.9. The zero-order valence-electron chi connectivity index (χ0n) is 14.0. The summed E-state index contributed by atoms with van der Waals surface area (Å²) in [7, 11) is 0. The molecule has 4 unspecified atom stereocenters. The highest BCUT2D eigenvalue weighted by Crippen LogP contribution is 2.44. The first-order valence-corrected chi connectivity index (χ1v) is 8.27. The van der Waals surface area contributed by atoms with E-state index in [4.69, 9.17) is 18.9 Å². The molecular weight excluding hydrogens is 296 g/mol. The standard InChI is InChI=1S/C18H26O5/c1-4-15(19)18(12-20-11-13-8-6-5-7-9-13)10-14-16(23-18)22-17(2,3)21-14/h5-9,14-16,19H,4,10-12H2,1-3H3. The lowest BCUT2D eigenvalue weighted by Crippen LogP contribution is -2.47. The molecule has 1 aromatic rings. The lowest BCUT2D eigenvalue weighted by atomic mass is 9.91. The van der Waals surface area contributed by atoms with Gasteiger partial charge in [-0.1, -0.05) is 37.3 Å². The van der Waals surface area contributed by atoms with Crippen LogP contribution in [0.5, 0.6) is 0 Å². The first-order chi connectivity index (χ1) is 10.9. The van der Waals surface area contributed by atoms with Crippen molar-refractivity contribution in [1.29, 1.82) is 0 Å². The molecule has 5 heteroatoms. The number of rotatable bonds is 6. The number of hydrogen-bond acceptors (Lipinski definition) is 5. The van der Waals surface area contributed by atoms with E-state index >= 15 is 0 Å². The van der Waals surface area contributed by atoms with Gasteiger partial charge in [0.1, 0.15) is 11.7 Å². The summed E-state index contributed by atoms with van der Waals surface area (Å²) in [4.78, 5) is 0. The topological polar surface area (TPSA) is 57.2 Å². The van der Waals surface area contributed by atoms with Gasteiger partial charge in [-0.15, -0.1) is 0 Å². The molecule has 1 N–H and O–H groups in total. The van der Waals surface area contributed by atoms with Crippen LogP contribution >= 0.6 is 0 Å². The average molecular weight is 322 g/mol. The third kappa shape index (κ3) is 3.59. The van der Waals surface area contributed by atoms with Gasteiger partial charge in [0.2, 0.25) is 0 Å². The number of ether oxygens (including phenoxy) is 4. The Labute approximate surface area is 137 Å². The number of fused-ring (bicyclic) bond motifs is 1. The van der Waals surface area contributed by atoms with Crippen LogP contribution in [0.1, 0.15) is 39.2 Å². The first-order valence-electron chi connectivity index (χ1n) is 8.27. The zero-order chi connectivity index (χ0) is 16.5. The maximum Gasteiger partial charge on any atom is 0.188 e. The van der Waals surface area contributed by atoms with Crippen LogP contribution in [0.25, 0.3) is 0 Å². The van der Waals surface area contributed by atoms with Gasteiger partial charge < -0.3 is 24.1 Å². The van der Waals surface area contributed by atoms with Gasteiger partial charge in [0.05, 0.1) is 19.3 Å². The van der Waals surface area contributed by atoms with E-state index < -0.39 is 23.8 Å². The third-order valence-electron chi connectivity index (χ3n) is 4.49. The van der Waals surface area contributed by atoms with Gasteiger partial charge in [-0.25, -0.2) is 0 Å². The van der Waals surface area contributed by atoms with Crippen molar-refractivity contribution in [2.75, 3.05) is 6.61 Å². The molecule has 23 heavy (non-hydrogen) atoms. The van der Waals surface area contributed by atoms with Gasteiger partial charge in [-0.05, 0) is 25.8 Å². The number of hydrogen-bond donors (Lipinski definition) is 1. The molecule has 4 atom stereocenters. The number of aliphatic hydroxyl groups is 1. The predicted octanol–water partition coefficient (Wildman–Crippen LogP) is 2.61. The van der Waals surface area contributed by atoms with Gasteiger partial charge >= 0.3 is 0 Å². The van der Waals surface area contributed by atoms with E-state index in [9.17, 15) is 5.11 Å². The Bertz CT molecular complexity index is 499. The SMILES string of the molecule is CCC(O)C1(COCc2ccccc2)CC2OC(C)(C)OC2O1. The highest BCUT2D eigenvalue weighted by Gasteiger charge is 2.57. The van der Waals surface area contributed by atoms with Crippen molar-refractivity contribution in [2.45, 2.75) is 70.1 Å². The van der Waals surface area contributed by atoms with Gasteiger partial charge in [-0.2, -0.15) is 0 Å². The smallest absolute Gasteiger partial charge is 0.188 e. The van der Waals surface area contributed by atoms with Crippen LogP contribution in [0.2, 0.25) is 0 Å². The molecule has 0 aromatic heterocycles. The van der Waals surface area contributed by atoms with Gasteiger partial charge in [0, 0.05) is 6.42 Å². The molecule has 2 heterocycles. The molecular formula is C18H26O5. The highest BCUT2D eigenvalue weighted by atomic mass is 16.8. The Hall–Kier alpha value is -0.980. The summed E-state index contributed by atoms with van der Waals surface area (Å²) in [6, 6.07) is 9.97. The van der Waals surface area contributed by atoms with Crippen molar-refractivity contribution in [2.24, 2.45) is 0 Å². The largest absolute Gasteiger partial charge is 0.390 e. The minimum Gasteiger partial charge on any atom is -0.390 e. The molecule has 5 nitrogen and oxygen atoms in total. The molecule has 0 bridgehead atoms. The van der Waals surface area contributed by atoms with Gasteiger partial charge in [0.15, 0.2) is 12.1 Å². The van der Waals surface area contributed by atoms with E-state index in [-0.39, 0.29) is 6.10 Å². The summed E-state index contributed by atoms with van der Waals surface area (Å²) in [6.07, 6.45) is -0.0418. The normalized spacial score (nSPS) is 33.6. The molecule has 3 rings (SSSR count). The molecule has 2 saturated heterocycles. The van der Waals surface area contributed by atoms with Gasteiger partial charge in [0.25, 0.3) is 0 Å². The second-order valence-corrected chi connectivity index (χ2v) is 6.83. The maximum absolute atomic E-state index is 10.5. The Kier molecular flexibility index (Phi) is 4.76. The van der Waals surface area contributed by atoms with Crippen molar-refractivity contribution >= 4 is 0 Å². The maximum atomic E-state index is 10.5. The molecule has 0 amide bonds. The fourth-order valence-electron chi connectivity index (χ4n) is 3.35. The van der Waals surface area contributed by atoms with E-state index in [0.717, 1.165) is 5.56 Å². The summed E-state index contributed by atoms with van der Waals surface area (Å²) >= 11 is 0. The second-order valence-electron chi connectivity index (χ2n) is 6.83. The van der Waals surface area contributed by atoms with Crippen molar-refractivity contribution in [3.05, 3.63) is 35.9 Å². The quantitative estimate of drug-likeness (QED) is 0.872. The zero-order valence-corrected chi connectivity index (χ0v) is 14.0. The Balaban J connectivity index is 1.63. The lowest BCUT2D eigenvalue weighted by Gasteiger charge is -2.34. The molecule has 0 aliphatic carbocycles. The Morgan fingerprint density at radius 2 is 1.96 bits per heavy atom.